The zero-order chi connectivity index (χ0) is 40.4. The molecule has 0 unspecified atom stereocenters. The zero-order valence-corrected chi connectivity index (χ0v) is 33.1. The summed E-state index contributed by atoms with van der Waals surface area (Å²) in [7, 11) is 2.02. The van der Waals surface area contributed by atoms with Crippen molar-refractivity contribution < 1.29 is 29.2 Å². The summed E-state index contributed by atoms with van der Waals surface area (Å²) in [6.07, 6.45) is -1.81. The van der Waals surface area contributed by atoms with Gasteiger partial charge in [-0.2, -0.15) is 0 Å². The molecule has 1 aliphatic heterocycles. The lowest BCUT2D eigenvalue weighted by Crippen LogP contribution is -2.46. The van der Waals surface area contributed by atoms with Gasteiger partial charge in [-0.3, -0.25) is 4.90 Å². The Hall–Kier alpha value is -5.81. The molecule has 0 spiro atoms. The molecule has 6 aromatic carbocycles. The van der Waals surface area contributed by atoms with Gasteiger partial charge < -0.3 is 35.1 Å². The number of aliphatic hydroxyl groups excluding tert-OH is 2. The Labute approximate surface area is 340 Å². The number of hydrogen-bond acceptors (Lipinski definition) is 7. The van der Waals surface area contributed by atoms with E-state index in [2.05, 4.69) is 46.7 Å². The Morgan fingerprint density at radius 1 is 0.741 bits per heavy atom. The van der Waals surface area contributed by atoms with Crippen LogP contribution in [0.15, 0.2) is 158 Å². The number of nitrogens with one attached hydrogen (secondary N) is 2. The van der Waals surface area contributed by atoms with E-state index in [4.69, 9.17) is 14.2 Å². The van der Waals surface area contributed by atoms with E-state index in [0.29, 0.717) is 24.5 Å². The van der Waals surface area contributed by atoms with Crippen LogP contribution in [0.5, 0.6) is 11.5 Å². The Morgan fingerprint density at radius 2 is 1.40 bits per heavy atom. The number of likely N-dealkylation sites (N-methyl/N-ethyl adjacent to an activating group) is 1. The van der Waals surface area contributed by atoms with Crippen LogP contribution in [0.1, 0.15) is 60.2 Å². The molecule has 1 saturated heterocycles. The maximum absolute atomic E-state index is 12.8. The van der Waals surface area contributed by atoms with Crippen LogP contribution in [0.25, 0.3) is 11.1 Å². The molecule has 1 fully saturated rings. The number of hydrogen-bond donors (Lipinski definition) is 4. The van der Waals surface area contributed by atoms with Crippen LogP contribution >= 0.6 is 0 Å². The monoisotopic (exact) mass is 777 g/mol. The highest BCUT2D eigenvalue weighted by Gasteiger charge is 2.39. The third kappa shape index (κ3) is 10.2. The number of urea groups is 1. The van der Waals surface area contributed by atoms with Crippen molar-refractivity contribution in [3.05, 3.63) is 186 Å². The number of aliphatic hydroxyl groups is 2. The van der Waals surface area contributed by atoms with E-state index >= 15 is 0 Å². The lowest BCUT2D eigenvalue weighted by molar-refractivity contribution is -0.276. The first-order chi connectivity index (χ1) is 28.2. The van der Waals surface area contributed by atoms with Crippen molar-refractivity contribution in [1.29, 1.82) is 0 Å². The molecule has 0 bridgehead atoms. The highest BCUT2D eigenvalue weighted by Crippen LogP contribution is 2.43. The van der Waals surface area contributed by atoms with Crippen LogP contribution < -0.4 is 15.4 Å². The molecule has 0 aromatic heterocycles. The largest absolute Gasteiger partial charge is 0.457 e. The predicted octanol–water partition coefficient (Wildman–Crippen LogP) is 9.81. The van der Waals surface area contributed by atoms with E-state index in [0.717, 1.165) is 44.7 Å². The Kier molecular flexibility index (Phi) is 13.3. The first-order valence-corrected chi connectivity index (χ1v) is 19.7. The number of para-hydroxylation sites is 1. The molecule has 4 N–H and O–H groups in total. The molecular formula is C49H51N3O6. The van der Waals surface area contributed by atoms with Gasteiger partial charge in [0.25, 0.3) is 0 Å². The van der Waals surface area contributed by atoms with E-state index < -0.39 is 12.4 Å². The number of carbonyl (C=O) groups excluding carboxylic acids is 1. The number of anilines is 1. The second-order valence-corrected chi connectivity index (χ2v) is 14.9. The highest BCUT2D eigenvalue weighted by atomic mass is 16.7. The van der Waals surface area contributed by atoms with Crippen molar-refractivity contribution in [2.45, 2.75) is 57.6 Å². The molecule has 7 rings (SSSR count). The Morgan fingerprint density at radius 3 is 2.10 bits per heavy atom. The first kappa shape index (κ1) is 40.4. The first-order valence-electron chi connectivity index (χ1n) is 19.7. The molecule has 0 saturated carbocycles. The lowest BCUT2D eigenvalue weighted by atomic mass is 9.89. The van der Waals surface area contributed by atoms with Gasteiger partial charge in [0.2, 0.25) is 0 Å². The SMILES string of the molecule is C[C@@H]1[C@H](CN(C)[C@@H](C)[C@H](O)c2ccccc2)O[C@H](c2cccc(-c3cccc(CNC(=O)Nc4ccc(Oc5ccccc5)cc4)c3)c2)O[C@@H]1c1ccc(CO)cc1. The average molecular weight is 778 g/mol. The van der Waals surface area contributed by atoms with Gasteiger partial charge in [0, 0.05) is 36.3 Å². The number of ether oxygens (including phenoxy) is 3. The molecule has 0 radical (unpaired) electrons. The van der Waals surface area contributed by atoms with Crippen molar-refractivity contribution >= 4 is 11.7 Å². The number of rotatable bonds is 14. The fourth-order valence-corrected chi connectivity index (χ4v) is 7.26. The molecular weight excluding hydrogens is 727 g/mol. The van der Waals surface area contributed by atoms with Crippen molar-refractivity contribution in [1.82, 2.24) is 10.2 Å². The van der Waals surface area contributed by atoms with Gasteiger partial charge in [-0.15, -0.1) is 0 Å². The van der Waals surface area contributed by atoms with E-state index in [1.54, 1.807) is 12.1 Å². The Bertz CT molecular complexity index is 2220. The average Bonchev–Trinajstić information content (AvgIpc) is 3.27. The van der Waals surface area contributed by atoms with Crippen molar-refractivity contribution in [3.63, 3.8) is 0 Å². The molecule has 0 aliphatic carbocycles. The van der Waals surface area contributed by atoms with Gasteiger partial charge in [-0.1, -0.05) is 116 Å². The summed E-state index contributed by atoms with van der Waals surface area (Å²) < 4.78 is 19.4. The second-order valence-electron chi connectivity index (χ2n) is 14.9. The van der Waals surface area contributed by atoms with Gasteiger partial charge in [-0.25, -0.2) is 4.79 Å². The van der Waals surface area contributed by atoms with Crippen LogP contribution in [0.3, 0.4) is 0 Å². The molecule has 1 aliphatic rings. The van der Waals surface area contributed by atoms with Gasteiger partial charge in [0.05, 0.1) is 24.9 Å². The van der Waals surface area contributed by atoms with Crippen LogP contribution in [0.4, 0.5) is 10.5 Å². The summed E-state index contributed by atoms with van der Waals surface area (Å²) in [6.45, 7) is 5.06. The fraction of sp³-hybridized carbons (Fsp3) is 0.245. The smallest absolute Gasteiger partial charge is 0.319 e. The number of benzene rings is 6. The zero-order valence-electron chi connectivity index (χ0n) is 33.1. The minimum absolute atomic E-state index is 0.0164. The van der Waals surface area contributed by atoms with Crippen molar-refractivity contribution in [2.24, 2.45) is 5.92 Å². The normalized spacial score (nSPS) is 18.9. The summed E-state index contributed by atoms with van der Waals surface area (Å²) in [5.41, 5.74) is 7.20. The summed E-state index contributed by atoms with van der Waals surface area (Å²) in [6, 6.07) is 50.2. The molecule has 58 heavy (non-hydrogen) atoms. The molecule has 6 aromatic rings. The third-order valence-electron chi connectivity index (χ3n) is 10.8. The lowest BCUT2D eigenvalue weighted by Gasteiger charge is -2.43. The third-order valence-corrected chi connectivity index (χ3v) is 10.8. The minimum atomic E-state index is -0.658. The highest BCUT2D eigenvalue weighted by molar-refractivity contribution is 5.89. The number of carbonyl (C=O) groups is 1. The standard InChI is InChI=1S/C49H51N3O6/c1-33-45(31-52(3)34(2)46(54)37-13-6-4-7-14-37)57-48(58-47(33)38-22-20-35(32-53)21-23-38)41-17-11-16-40(29-41)39-15-10-12-36(28-39)30-50-49(55)51-42-24-26-44(27-25-42)56-43-18-8-5-9-19-43/h4-29,33-34,45-48,53-54H,30-32H2,1-3H3,(H2,50,51,55)/t33-,34+,45+,46+,47+,48+/m1/s1. The van der Waals surface area contributed by atoms with Gasteiger partial charge in [-0.05, 0) is 95.9 Å². The topological polar surface area (TPSA) is 113 Å². The van der Waals surface area contributed by atoms with Gasteiger partial charge >= 0.3 is 6.03 Å². The molecule has 6 atom stereocenters. The summed E-state index contributed by atoms with van der Waals surface area (Å²) in [5, 5.41) is 26.8. The van der Waals surface area contributed by atoms with Crippen LogP contribution in [-0.2, 0) is 22.6 Å². The number of amides is 2. The summed E-state index contributed by atoms with van der Waals surface area (Å²) >= 11 is 0. The maximum atomic E-state index is 12.8. The Balaban J connectivity index is 1.03. The second kappa shape index (κ2) is 19.1. The van der Waals surface area contributed by atoms with Gasteiger partial charge in [0.1, 0.15) is 11.5 Å². The van der Waals surface area contributed by atoms with Crippen LogP contribution in [0, 0.1) is 5.92 Å². The summed E-state index contributed by atoms with van der Waals surface area (Å²) in [4.78, 5) is 15.0. The van der Waals surface area contributed by atoms with Crippen molar-refractivity contribution in [2.75, 3.05) is 18.9 Å². The molecule has 9 nitrogen and oxygen atoms in total. The number of nitrogens with zero attached hydrogens (tertiary/aromatic N) is 1. The molecule has 298 valence electrons. The molecule has 1 heterocycles. The van der Waals surface area contributed by atoms with Crippen molar-refractivity contribution in [3.8, 4) is 22.6 Å². The van der Waals surface area contributed by atoms with Crippen LogP contribution in [-0.4, -0.2) is 46.9 Å². The minimum Gasteiger partial charge on any atom is -0.457 e. The van der Waals surface area contributed by atoms with Gasteiger partial charge in [0.15, 0.2) is 6.29 Å². The molecule has 2 amide bonds. The predicted molar refractivity (Wildman–Crippen MR) is 227 cm³/mol. The van der Waals surface area contributed by atoms with E-state index in [9.17, 15) is 15.0 Å². The maximum Gasteiger partial charge on any atom is 0.319 e. The van der Waals surface area contributed by atoms with E-state index in [1.165, 1.54) is 0 Å². The molecule has 9 heteroatoms. The summed E-state index contributed by atoms with van der Waals surface area (Å²) in [5.74, 6) is 1.41. The quantitative estimate of drug-likeness (QED) is 0.0872. The fourth-order valence-electron chi connectivity index (χ4n) is 7.26. The van der Waals surface area contributed by atoms with E-state index in [1.807, 2.05) is 135 Å². The van der Waals surface area contributed by atoms with E-state index in [-0.39, 0.29) is 36.8 Å². The van der Waals surface area contributed by atoms with Crippen LogP contribution in [0.2, 0.25) is 0 Å².